The summed E-state index contributed by atoms with van der Waals surface area (Å²) in [5.41, 5.74) is 2.66. The van der Waals surface area contributed by atoms with E-state index < -0.39 is 0 Å². The van der Waals surface area contributed by atoms with Crippen LogP contribution in [0.25, 0.3) is 0 Å². The number of piperidine rings is 1. The van der Waals surface area contributed by atoms with E-state index in [9.17, 15) is 9.59 Å². The molecule has 2 amide bonds. The Kier molecular flexibility index (Phi) is 7.05. The summed E-state index contributed by atoms with van der Waals surface area (Å²) in [5, 5.41) is 3.26. The van der Waals surface area contributed by atoms with E-state index in [0.29, 0.717) is 19.1 Å². The van der Waals surface area contributed by atoms with Crippen molar-refractivity contribution in [3.8, 4) is 0 Å². The summed E-state index contributed by atoms with van der Waals surface area (Å²) in [4.78, 5) is 31.9. The molecule has 2 fully saturated rings. The number of rotatable bonds is 5. The summed E-state index contributed by atoms with van der Waals surface area (Å²) in [7, 11) is 0. The highest BCUT2D eigenvalue weighted by molar-refractivity contribution is 5.79. The molecule has 2 unspecified atom stereocenters. The Labute approximate surface area is 180 Å². The van der Waals surface area contributed by atoms with Crippen molar-refractivity contribution in [2.45, 2.75) is 57.5 Å². The first-order valence-corrected chi connectivity index (χ1v) is 11.7. The van der Waals surface area contributed by atoms with E-state index in [0.717, 1.165) is 64.8 Å². The van der Waals surface area contributed by atoms with Crippen molar-refractivity contribution in [3.63, 3.8) is 0 Å². The lowest BCUT2D eigenvalue weighted by Crippen LogP contribution is -2.53. The Hall–Kier alpha value is -1.92. The molecule has 4 rings (SSSR count). The van der Waals surface area contributed by atoms with Crippen molar-refractivity contribution in [3.05, 3.63) is 35.4 Å². The fourth-order valence-electron chi connectivity index (χ4n) is 5.20. The predicted molar refractivity (Wildman–Crippen MR) is 118 cm³/mol. The van der Waals surface area contributed by atoms with Gasteiger partial charge in [-0.2, -0.15) is 0 Å². The Bertz CT molecular complexity index is 744. The van der Waals surface area contributed by atoms with Crippen LogP contribution < -0.4 is 5.32 Å². The van der Waals surface area contributed by atoms with Crippen molar-refractivity contribution in [1.82, 2.24) is 20.0 Å². The lowest BCUT2D eigenvalue weighted by molar-refractivity contribution is -0.136. The van der Waals surface area contributed by atoms with Crippen LogP contribution in [-0.4, -0.2) is 78.4 Å². The third kappa shape index (κ3) is 5.22. The second-order valence-electron chi connectivity index (χ2n) is 9.20. The van der Waals surface area contributed by atoms with E-state index in [4.69, 9.17) is 0 Å². The van der Waals surface area contributed by atoms with Gasteiger partial charge in [-0.25, -0.2) is 0 Å². The molecular formula is C24H36N4O2. The Morgan fingerprint density at radius 2 is 1.67 bits per heavy atom. The molecule has 0 aromatic heterocycles. The standard InChI is InChI=1S/C24H36N4O2/c1-19-7-4-5-12-28(19)24(30)18-27-15-13-26(14-16-27)17-23(29)25-22-11-6-9-20-8-2-3-10-21(20)22/h2-3,8,10,19,22H,4-7,9,11-18H2,1H3,(H,25,29). The molecule has 1 aromatic rings. The minimum absolute atomic E-state index is 0.114. The first kappa shape index (κ1) is 21.3. The first-order chi connectivity index (χ1) is 14.6. The monoisotopic (exact) mass is 412 g/mol. The molecule has 164 valence electrons. The van der Waals surface area contributed by atoms with Gasteiger partial charge < -0.3 is 10.2 Å². The van der Waals surface area contributed by atoms with Crippen LogP contribution in [0.15, 0.2) is 24.3 Å². The number of fused-ring (bicyclic) bond motifs is 1. The van der Waals surface area contributed by atoms with Crippen LogP contribution in [0.2, 0.25) is 0 Å². The molecule has 0 bridgehead atoms. The third-order valence-corrected chi connectivity index (χ3v) is 7.02. The number of amides is 2. The highest BCUT2D eigenvalue weighted by atomic mass is 16.2. The van der Waals surface area contributed by atoms with Crippen LogP contribution in [0.5, 0.6) is 0 Å². The molecule has 30 heavy (non-hydrogen) atoms. The maximum Gasteiger partial charge on any atom is 0.236 e. The highest BCUT2D eigenvalue weighted by Crippen LogP contribution is 2.29. The Balaban J connectivity index is 1.20. The average molecular weight is 413 g/mol. The van der Waals surface area contributed by atoms with Crippen molar-refractivity contribution in [2.24, 2.45) is 0 Å². The van der Waals surface area contributed by atoms with Crippen molar-refractivity contribution >= 4 is 11.8 Å². The van der Waals surface area contributed by atoms with Gasteiger partial charge in [-0.1, -0.05) is 24.3 Å². The van der Waals surface area contributed by atoms with Gasteiger partial charge in [0.15, 0.2) is 0 Å². The number of likely N-dealkylation sites (tertiary alicyclic amines) is 1. The van der Waals surface area contributed by atoms with Crippen molar-refractivity contribution in [1.29, 1.82) is 0 Å². The zero-order valence-corrected chi connectivity index (χ0v) is 18.3. The van der Waals surface area contributed by atoms with Gasteiger partial charge in [0.2, 0.25) is 11.8 Å². The van der Waals surface area contributed by atoms with Crippen LogP contribution in [0.1, 0.15) is 56.2 Å². The molecule has 3 aliphatic rings. The first-order valence-electron chi connectivity index (χ1n) is 11.7. The van der Waals surface area contributed by atoms with Crippen LogP contribution in [0, 0.1) is 0 Å². The fraction of sp³-hybridized carbons (Fsp3) is 0.667. The molecule has 0 spiro atoms. The lowest BCUT2D eigenvalue weighted by Gasteiger charge is -2.38. The number of nitrogens with zero attached hydrogens (tertiary/aromatic N) is 3. The van der Waals surface area contributed by atoms with Crippen molar-refractivity contribution in [2.75, 3.05) is 45.8 Å². The summed E-state index contributed by atoms with van der Waals surface area (Å²) < 4.78 is 0. The van der Waals surface area contributed by atoms with Gasteiger partial charge in [0, 0.05) is 38.8 Å². The van der Waals surface area contributed by atoms with Gasteiger partial charge in [-0.05, 0) is 56.6 Å². The zero-order valence-electron chi connectivity index (χ0n) is 18.3. The number of piperazine rings is 1. The van der Waals surface area contributed by atoms with Gasteiger partial charge in [0.05, 0.1) is 19.1 Å². The Morgan fingerprint density at radius 1 is 0.933 bits per heavy atom. The second-order valence-corrected chi connectivity index (χ2v) is 9.20. The quantitative estimate of drug-likeness (QED) is 0.806. The summed E-state index contributed by atoms with van der Waals surface area (Å²) >= 11 is 0. The summed E-state index contributed by atoms with van der Waals surface area (Å²) in [6.07, 6.45) is 6.75. The molecule has 6 nitrogen and oxygen atoms in total. The topological polar surface area (TPSA) is 55.9 Å². The van der Waals surface area contributed by atoms with Crippen LogP contribution >= 0.6 is 0 Å². The molecular weight excluding hydrogens is 376 g/mol. The van der Waals surface area contributed by atoms with Gasteiger partial charge in [0.25, 0.3) is 0 Å². The van der Waals surface area contributed by atoms with Crippen LogP contribution in [0.3, 0.4) is 0 Å². The number of carbonyl (C=O) groups is 2. The molecule has 2 aliphatic heterocycles. The maximum atomic E-state index is 12.7. The summed E-state index contributed by atoms with van der Waals surface area (Å²) in [6, 6.07) is 9.00. The number of aryl methyl sites for hydroxylation is 1. The minimum atomic E-state index is 0.114. The normalized spacial score (nSPS) is 25.6. The molecule has 6 heteroatoms. The van der Waals surface area contributed by atoms with Gasteiger partial charge in [-0.3, -0.25) is 19.4 Å². The molecule has 2 atom stereocenters. The van der Waals surface area contributed by atoms with Gasteiger partial charge in [0.1, 0.15) is 0 Å². The number of nitrogens with one attached hydrogen (secondary N) is 1. The fourth-order valence-corrected chi connectivity index (χ4v) is 5.20. The Morgan fingerprint density at radius 3 is 2.43 bits per heavy atom. The molecule has 0 radical (unpaired) electrons. The largest absolute Gasteiger partial charge is 0.348 e. The van der Waals surface area contributed by atoms with Crippen molar-refractivity contribution < 1.29 is 9.59 Å². The number of benzene rings is 1. The highest BCUT2D eigenvalue weighted by Gasteiger charge is 2.27. The smallest absolute Gasteiger partial charge is 0.236 e. The van der Waals surface area contributed by atoms with E-state index in [1.165, 1.54) is 17.5 Å². The summed E-state index contributed by atoms with van der Waals surface area (Å²) in [6.45, 7) is 7.44. The minimum Gasteiger partial charge on any atom is -0.348 e. The zero-order chi connectivity index (χ0) is 20.9. The average Bonchev–Trinajstić information content (AvgIpc) is 2.75. The molecule has 0 saturated carbocycles. The number of hydrogen-bond donors (Lipinski definition) is 1. The molecule has 1 N–H and O–H groups in total. The molecule has 1 aromatic carbocycles. The molecule has 2 saturated heterocycles. The molecule has 2 heterocycles. The van der Waals surface area contributed by atoms with Crippen LogP contribution in [0.4, 0.5) is 0 Å². The molecule has 1 aliphatic carbocycles. The van der Waals surface area contributed by atoms with Crippen LogP contribution in [-0.2, 0) is 16.0 Å². The number of hydrogen-bond acceptors (Lipinski definition) is 4. The van der Waals surface area contributed by atoms with Gasteiger partial charge in [-0.15, -0.1) is 0 Å². The van der Waals surface area contributed by atoms with E-state index in [1.807, 2.05) is 0 Å². The van der Waals surface area contributed by atoms with Gasteiger partial charge >= 0.3 is 0 Å². The second kappa shape index (κ2) is 9.92. The predicted octanol–water partition coefficient (Wildman–Crippen LogP) is 2.20. The number of carbonyl (C=O) groups excluding carboxylic acids is 2. The van der Waals surface area contributed by atoms with E-state index >= 15 is 0 Å². The summed E-state index contributed by atoms with van der Waals surface area (Å²) in [5.74, 6) is 0.382. The SMILES string of the molecule is CC1CCCCN1C(=O)CN1CCN(CC(=O)NC2CCCc3ccccc32)CC1. The maximum absolute atomic E-state index is 12.7. The third-order valence-electron chi connectivity index (χ3n) is 7.02. The van der Waals surface area contributed by atoms with E-state index in [1.54, 1.807) is 0 Å². The van der Waals surface area contributed by atoms with E-state index in [-0.39, 0.29) is 17.9 Å². The lowest BCUT2D eigenvalue weighted by atomic mass is 9.88. The van der Waals surface area contributed by atoms with E-state index in [2.05, 4.69) is 51.2 Å².